The second-order valence-corrected chi connectivity index (χ2v) is 7.30. The molecule has 0 aliphatic heterocycles. The van der Waals surface area contributed by atoms with E-state index in [0.29, 0.717) is 0 Å². The molecule has 6 nitrogen and oxygen atoms in total. The van der Waals surface area contributed by atoms with Crippen LogP contribution in [-0.2, 0) is 14.3 Å². The summed E-state index contributed by atoms with van der Waals surface area (Å²) in [4.78, 5) is 27.8. The molecule has 7 heteroatoms. The maximum atomic E-state index is 12.0. The van der Waals surface area contributed by atoms with Crippen molar-refractivity contribution in [2.24, 2.45) is 0 Å². The van der Waals surface area contributed by atoms with Crippen LogP contribution in [0.2, 0.25) is 0 Å². The SMILES string of the molecule is Cc1cc(C)cc(-n2ccnc2SCC(=O)NCCC(=O)OC(C)C)c1. The Morgan fingerprint density at radius 2 is 1.92 bits per heavy atom. The van der Waals surface area contributed by atoms with Gasteiger partial charge in [-0.1, -0.05) is 17.8 Å². The van der Waals surface area contributed by atoms with Crippen molar-refractivity contribution in [2.75, 3.05) is 12.3 Å². The van der Waals surface area contributed by atoms with Crippen LogP contribution in [0.25, 0.3) is 5.69 Å². The number of aryl methyl sites for hydroxylation is 2. The molecule has 2 aromatic rings. The van der Waals surface area contributed by atoms with Gasteiger partial charge in [0.05, 0.1) is 18.3 Å². The van der Waals surface area contributed by atoms with Crippen LogP contribution in [0, 0.1) is 13.8 Å². The van der Waals surface area contributed by atoms with Crippen LogP contribution in [0.4, 0.5) is 0 Å². The highest BCUT2D eigenvalue weighted by Gasteiger charge is 2.11. The predicted octanol–water partition coefficient (Wildman–Crippen LogP) is 3.04. The second-order valence-electron chi connectivity index (χ2n) is 6.35. The third kappa shape index (κ3) is 6.22. The van der Waals surface area contributed by atoms with Crippen LogP contribution in [-0.4, -0.2) is 39.8 Å². The van der Waals surface area contributed by atoms with Crippen molar-refractivity contribution in [3.63, 3.8) is 0 Å². The average molecular weight is 375 g/mol. The van der Waals surface area contributed by atoms with E-state index in [0.717, 1.165) is 10.8 Å². The Balaban J connectivity index is 1.86. The number of carbonyl (C=O) groups excluding carboxylic acids is 2. The van der Waals surface area contributed by atoms with Crippen molar-refractivity contribution < 1.29 is 14.3 Å². The summed E-state index contributed by atoms with van der Waals surface area (Å²) in [6, 6.07) is 6.28. The van der Waals surface area contributed by atoms with Gasteiger partial charge in [-0.2, -0.15) is 0 Å². The standard InChI is InChI=1S/C19H25N3O3S/c1-13(2)25-18(24)5-6-20-17(23)12-26-19-21-7-8-22(19)16-10-14(3)9-15(4)11-16/h7-11,13H,5-6,12H2,1-4H3,(H,20,23). The molecule has 1 aromatic heterocycles. The van der Waals surface area contributed by atoms with Crippen molar-refractivity contribution in [3.8, 4) is 5.69 Å². The number of carbonyl (C=O) groups is 2. The molecule has 0 saturated heterocycles. The minimum absolute atomic E-state index is 0.137. The van der Waals surface area contributed by atoms with Crippen LogP contribution in [0.15, 0.2) is 35.7 Å². The Kier molecular flexibility index (Phi) is 7.26. The van der Waals surface area contributed by atoms with Crippen LogP contribution >= 0.6 is 11.8 Å². The number of benzene rings is 1. The monoisotopic (exact) mass is 375 g/mol. The highest BCUT2D eigenvalue weighted by atomic mass is 32.2. The summed E-state index contributed by atoms with van der Waals surface area (Å²) < 4.78 is 7.00. The number of rotatable bonds is 8. The highest BCUT2D eigenvalue weighted by molar-refractivity contribution is 7.99. The van der Waals surface area contributed by atoms with Crippen LogP contribution < -0.4 is 5.32 Å². The maximum absolute atomic E-state index is 12.0. The Bertz CT molecular complexity index is 751. The van der Waals surface area contributed by atoms with Crippen LogP contribution in [0.1, 0.15) is 31.4 Å². The van der Waals surface area contributed by atoms with Gasteiger partial charge in [0.2, 0.25) is 5.91 Å². The van der Waals surface area contributed by atoms with E-state index in [1.807, 2.05) is 10.8 Å². The lowest BCUT2D eigenvalue weighted by Crippen LogP contribution is -2.28. The van der Waals surface area contributed by atoms with Crippen molar-refractivity contribution in [1.82, 2.24) is 14.9 Å². The molecule has 2 rings (SSSR count). The first-order chi connectivity index (χ1) is 12.3. The summed E-state index contributed by atoms with van der Waals surface area (Å²) in [5.74, 6) is -0.207. The quantitative estimate of drug-likeness (QED) is 0.567. The zero-order valence-electron chi connectivity index (χ0n) is 15.6. The molecule has 1 aromatic carbocycles. The Labute approximate surface area is 158 Å². The summed E-state index contributed by atoms with van der Waals surface area (Å²) in [7, 11) is 0. The van der Waals surface area contributed by atoms with E-state index in [-0.39, 0.29) is 36.7 Å². The van der Waals surface area contributed by atoms with Gasteiger partial charge in [0, 0.05) is 24.6 Å². The number of nitrogens with one attached hydrogen (secondary N) is 1. The summed E-state index contributed by atoms with van der Waals surface area (Å²) >= 11 is 1.36. The van der Waals surface area contributed by atoms with E-state index in [1.165, 1.54) is 22.9 Å². The maximum Gasteiger partial charge on any atom is 0.307 e. The van der Waals surface area contributed by atoms with Gasteiger partial charge in [0.15, 0.2) is 5.16 Å². The van der Waals surface area contributed by atoms with E-state index in [2.05, 4.69) is 42.3 Å². The van der Waals surface area contributed by atoms with E-state index in [1.54, 1.807) is 20.0 Å². The summed E-state index contributed by atoms with van der Waals surface area (Å²) in [6.45, 7) is 7.97. The molecule has 0 saturated carbocycles. The van der Waals surface area contributed by atoms with E-state index < -0.39 is 0 Å². The molecule has 0 fully saturated rings. The molecule has 0 aliphatic rings. The fourth-order valence-corrected chi connectivity index (χ4v) is 3.29. The molecule has 0 bridgehead atoms. The molecule has 0 unspecified atom stereocenters. The van der Waals surface area contributed by atoms with Gasteiger partial charge in [-0.3, -0.25) is 14.2 Å². The summed E-state index contributed by atoms with van der Waals surface area (Å²) in [5.41, 5.74) is 3.38. The van der Waals surface area contributed by atoms with Gasteiger partial charge in [-0.15, -0.1) is 0 Å². The van der Waals surface area contributed by atoms with E-state index in [4.69, 9.17) is 4.74 Å². The number of imidazole rings is 1. The molecule has 0 atom stereocenters. The lowest BCUT2D eigenvalue weighted by molar-refractivity contribution is -0.147. The fourth-order valence-electron chi connectivity index (χ4n) is 2.49. The van der Waals surface area contributed by atoms with Gasteiger partial charge in [-0.25, -0.2) is 4.98 Å². The number of ether oxygens (including phenoxy) is 1. The Morgan fingerprint density at radius 3 is 2.58 bits per heavy atom. The smallest absolute Gasteiger partial charge is 0.307 e. The van der Waals surface area contributed by atoms with Gasteiger partial charge in [0.25, 0.3) is 0 Å². The first-order valence-corrected chi connectivity index (χ1v) is 9.54. The molecule has 26 heavy (non-hydrogen) atoms. The first-order valence-electron chi connectivity index (χ1n) is 8.56. The second kappa shape index (κ2) is 9.43. The average Bonchev–Trinajstić information content (AvgIpc) is 2.99. The lowest BCUT2D eigenvalue weighted by atomic mass is 10.1. The molecule has 0 spiro atoms. The number of amides is 1. The minimum atomic E-state index is -0.307. The van der Waals surface area contributed by atoms with Crippen LogP contribution in [0.3, 0.4) is 0 Å². The molecule has 0 aliphatic carbocycles. The van der Waals surface area contributed by atoms with Crippen LogP contribution in [0.5, 0.6) is 0 Å². The zero-order valence-corrected chi connectivity index (χ0v) is 16.4. The Morgan fingerprint density at radius 1 is 1.23 bits per heavy atom. The molecule has 1 amide bonds. The van der Waals surface area contributed by atoms with Crippen molar-refractivity contribution in [1.29, 1.82) is 0 Å². The number of nitrogens with zero attached hydrogens (tertiary/aromatic N) is 2. The molecular formula is C19H25N3O3S. The predicted molar refractivity (Wildman–Crippen MR) is 103 cm³/mol. The van der Waals surface area contributed by atoms with Crippen molar-refractivity contribution >= 4 is 23.6 Å². The first kappa shape index (κ1) is 20.0. The zero-order chi connectivity index (χ0) is 19.1. The number of aromatic nitrogens is 2. The minimum Gasteiger partial charge on any atom is -0.463 e. The third-order valence-corrected chi connectivity index (χ3v) is 4.41. The Hall–Kier alpha value is -2.28. The fraction of sp³-hybridized carbons (Fsp3) is 0.421. The topological polar surface area (TPSA) is 73.2 Å². The number of hydrogen-bond donors (Lipinski definition) is 1. The molecule has 1 N–H and O–H groups in total. The molecule has 0 radical (unpaired) electrons. The van der Waals surface area contributed by atoms with Gasteiger partial charge in [-0.05, 0) is 51.0 Å². The molecular weight excluding hydrogens is 350 g/mol. The third-order valence-electron chi connectivity index (χ3n) is 3.44. The normalized spacial score (nSPS) is 10.8. The summed E-state index contributed by atoms with van der Waals surface area (Å²) in [6.07, 6.45) is 3.64. The number of hydrogen-bond acceptors (Lipinski definition) is 5. The number of thioether (sulfide) groups is 1. The lowest BCUT2D eigenvalue weighted by Gasteiger charge is -2.10. The number of esters is 1. The van der Waals surface area contributed by atoms with Gasteiger partial charge in [0.1, 0.15) is 0 Å². The van der Waals surface area contributed by atoms with Crippen molar-refractivity contribution in [2.45, 2.75) is 45.4 Å². The van der Waals surface area contributed by atoms with Gasteiger partial charge < -0.3 is 10.1 Å². The largest absolute Gasteiger partial charge is 0.463 e. The van der Waals surface area contributed by atoms with Gasteiger partial charge >= 0.3 is 5.97 Å². The van der Waals surface area contributed by atoms with E-state index in [9.17, 15) is 9.59 Å². The molecule has 1 heterocycles. The highest BCUT2D eigenvalue weighted by Crippen LogP contribution is 2.22. The van der Waals surface area contributed by atoms with Crippen molar-refractivity contribution in [3.05, 3.63) is 41.7 Å². The van der Waals surface area contributed by atoms with E-state index >= 15 is 0 Å². The molecule has 140 valence electrons. The summed E-state index contributed by atoms with van der Waals surface area (Å²) in [5, 5.41) is 3.48.